The maximum absolute atomic E-state index is 4.95. The molecular weight excluding hydrogens is 238 g/mol. The van der Waals surface area contributed by atoms with Crippen LogP contribution in [0.15, 0.2) is 6.20 Å². The highest BCUT2D eigenvalue weighted by atomic mass is 32.1. The van der Waals surface area contributed by atoms with E-state index in [2.05, 4.69) is 25.7 Å². The topological polar surface area (TPSA) is 75.7 Å². The largest absolute Gasteiger partial charge is 0.383 e. The molecule has 0 aromatic carbocycles. The van der Waals surface area contributed by atoms with Crippen LogP contribution in [0.2, 0.25) is 0 Å². The van der Waals surface area contributed by atoms with Crippen molar-refractivity contribution in [3.63, 3.8) is 0 Å². The fraction of sp³-hybridized carbons (Fsp3) is 0.500. The first kappa shape index (κ1) is 12.2. The average molecular weight is 253 g/mol. The van der Waals surface area contributed by atoms with Crippen LogP contribution in [0.5, 0.6) is 0 Å². The van der Waals surface area contributed by atoms with Crippen molar-refractivity contribution in [2.45, 2.75) is 13.5 Å². The van der Waals surface area contributed by atoms with Crippen LogP contribution in [0.3, 0.4) is 0 Å². The van der Waals surface area contributed by atoms with Crippen LogP contribution in [-0.4, -0.2) is 40.7 Å². The van der Waals surface area contributed by atoms with E-state index in [1.54, 1.807) is 24.6 Å². The molecule has 0 bridgehead atoms. The number of aromatic amines is 1. The second-order valence-corrected chi connectivity index (χ2v) is 4.64. The number of aryl methyl sites for hydroxylation is 1. The molecule has 0 atom stereocenters. The normalized spacial score (nSPS) is 10.9. The predicted molar refractivity (Wildman–Crippen MR) is 65.8 cm³/mol. The Bertz CT molecular complexity index is 467. The van der Waals surface area contributed by atoms with Gasteiger partial charge in [-0.25, -0.2) is 0 Å². The first-order valence-corrected chi connectivity index (χ1v) is 6.15. The minimum absolute atomic E-state index is 0.701. The minimum atomic E-state index is 0.701. The number of nitrogens with one attached hydrogen (secondary N) is 2. The third kappa shape index (κ3) is 3.09. The van der Waals surface area contributed by atoms with Gasteiger partial charge in [-0.2, -0.15) is 5.10 Å². The summed E-state index contributed by atoms with van der Waals surface area (Å²) in [5, 5.41) is 20.3. The molecule has 2 aromatic rings. The Hall–Kier alpha value is -1.31. The first-order chi connectivity index (χ1) is 8.31. The molecule has 6 nitrogen and oxygen atoms in total. The lowest BCUT2D eigenvalue weighted by atomic mass is 10.3. The third-order valence-electron chi connectivity index (χ3n) is 2.29. The Morgan fingerprint density at radius 1 is 1.47 bits per heavy atom. The Morgan fingerprint density at radius 2 is 2.35 bits per heavy atom. The van der Waals surface area contributed by atoms with Gasteiger partial charge >= 0.3 is 0 Å². The van der Waals surface area contributed by atoms with Crippen LogP contribution >= 0.6 is 11.3 Å². The summed E-state index contributed by atoms with van der Waals surface area (Å²) in [6.07, 6.45) is 1.78. The summed E-state index contributed by atoms with van der Waals surface area (Å²) in [6.45, 7) is 4.21. The number of hydrogen-bond donors (Lipinski definition) is 2. The second kappa shape index (κ2) is 5.85. The van der Waals surface area contributed by atoms with Gasteiger partial charge in [-0.1, -0.05) is 11.3 Å². The fourth-order valence-corrected chi connectivity index (χ4v) is 2.25. The van der Waals surface area contributed by atoms with Gasteiger partial charge in [-0.05, 0) is 6.92 Å². The van der Waals surface area contributed by atoms with E-state index < -0.39 is 0 Å². The van der Waals surface area contributed by atoms with Gasteiger partial charge < -0.3 is 10.1 Å². The number of H-pyrrole nitrogens is 1. The van der Waals surface area contributed by atoms with E-state index in [1.165, 1.54) is 0 Å². The molecule has 0 aliphatic rings. The number of aromatic nitrogens is 4. The molecule has 0 fully saturated rings. The van der Waals surface area contributed by atoms with Crippen LogP contribution in [0, 0.1) is 6.92 Å². The van der Waals surface area contributed by atoms with E-state index in [4.69, 9.17) is 4.74 Å². The Morgan fingerprint density at radius 3 is 3.06 bits per heavy atom. The van der Waals surface area contributed by atoms with Crippen LogP contribution in [0.1, 0.15) is 10.7 Å². The van der Waals surface area contributed by atoms with E-state index in [0.29, 0.717) is 6.61 Å². The van der Waals surface area contributed by atoms with Gasteiger partial charge in [-0.15, -0.1) is 10.2 Å². The van der Waals surface area contributed by atoms with Crippen molar-refractivity contribution in [3.05, 3.63) is 16.9 Å². The van der Waals surface area contributed by atoms with Crippen molar-refractivity contribution in [2.75, 3.05) is 20.3 Å². The Kier molecular flexibility index (Phi) is 4.18. The summed E-state index contributed by atoms with van der Waals surface area (Å²) in [5.41, 5.74) is 2.03. The molecule has 0 aliphatic carbocycles. The molecule has 0 unspecified atom stereocenters. The number of nitrogens with zero attached hydrogens (tertiary/aromatic N) is 3. The quantitative estimate of drug-likeness (QED) is 0.750. The fourth-order valence-electron chi connectivity index (χ4n) is 1.37. The number of hydrogen-bond acceptors (Lipinski definition) is 6. The van der Waals surface area contributed by atoms with Crippen LogP contribution < -0.4 is 5.32 Å². The molecular formula is C10H15N5OS. The van der Waals surface area contributed by atoms with Crippen molar-refractivity contribution in [1.82, 2.24) is 25.7 Å². The van der Waals surface area contributed by atoms with E-state index in [9.17, 15) is 0 Å². The summed E-state index contributed by atoms with van der Waals surface area (Å²) in [7, 11) is 1.69. The van der Waals surface area contributed by atoms with Gasteiger partial charge in [0.25, 0.3) is 0 Å². The lowest BCUT2D eigenvalue weighted by molar-refractivity contribution is 0.199. The summed E-state index contributed by atoms with van der Waals surface area (Å²) in [5.74, 6) is 0. The zero-order chi connectivity index (χ0) is 12.1. The molecule has 0 aliphatic heterocycles. The van der Waals surface area contributed by atoms with Crippen LogP contribution in [0.25, 0.3) is 10.6 Å². The maximum atomic E-state index is 4.95. The van der Waals surface area contributed by atoms with E-state index in [1.807, 2.05) is 6.92 Å². The van der Waals surface area contributed by atoms with Gasteiger partial charge in [0.2, 0.25) is 0 Å². The van der Waals surface area contributed by atoms with Gasteiger partial charge in [0.05, 0.1) is 18.4 Å². The molecule has 2 N–H and O–H groups in total. The summed E-state index contributed by atoms with van der Waals surface area (Å²) < 4.78 is 4.95. The lowest BCUT2D eigenvalue weighted by Crippen LogP contribution is -2.18. The summed E-state index contributed by atoms with van der Waals surface area (Å²) in [6, 6.07) is 0. The van der Waals surface area contributed by atoms with E-state index >= 15 is 0 Å². The highest BCUT2D eigenvalue weighted by Gasteiger charge is 2.09. The maximum Gasteiger partial charge on any atom is 0.151 e. The van der Waals surface area contributed by atoms with Crippen molar-refractivity contribution in [2.24, 2.45) is 0 Å². The molecule has 0 saturated heterocycles. The van der Waals surface area contributed by atoms with Gasteiger partial charge in [0.15, 0.2) is 5.01 Å². The third-order valence-corrected chi connectivity index (χ3v) is 3.24. The van der Waals surface area contributed by atoms with Crippen molar-refractivity contribution < 1.29 is 4.74 Å². The second-order valence-electron chi connectivity index (χ2n) is 3.58. The highest BCUT2D eigenvalue weighted by Crippen LogP contribution is 2.24. The Balaban J connectivity index is 1.95. The average Bonchev–Trinajstić information content (AvgIpc) is 2.93. The van der Waals surface area contributed by atoms with E-state index in [0.717, 1.165) is 34.4 Å². The molecule has 2 aromatic heterocycles. The monoisotopic (exact) mass is 253 g/mol. The SMILES string of the molecule is COCCNCc1nnc(-c2cn[nH]c2C)s1. The van der Waals surface area contributed by atoms with Crippen molar-refractivity contribution >= 4 is 11.3 Å². The minimum Gasteiger partial charge on any atom is -0.383 e. The first-order valence-electron chi connectivity index (χ1n) is 5.33. The number of rotatable bonds is 6. The van der Waals surface area contributed by atoms with Crippen molar-refractivity contribution in [3.8, 4) is 10.6 Å². The van der Waals surface area contributed by atoms with E-state index in [-0.39, 0.29) is 0 Å². The zero-order valence-corrected chi connectivity index (χ0v) is 10.7. The standard InChI is InChI=1S/C10H15N5OS/c1-7-8(5-12-13-7)10-15-14-9(17-10)6-11-3-4-16-2/h5,11H,3-4,6H2,1-2H3,(H,12,13). The molecule has 17 heavy (non-hydrogen) atoms. The molecule has 2 heterocycles. The number of methoxy groups -OCH3 is 1. The molecule has 7 heteroatoms. The number of ether oxygens (including phenoxy) is 1. The van der Waals surface area contributed by atoms with Crippen LogP contribution in [0.4, 0.5) is 0 Å². The van der Waals surface area contributed by atoms with Gasteiger partial charge in [0.1, 0.15) is 5.01 Å². The van der Waals surface area contributed by atoms with Gasteiger partial charge in [0, 0.05) is 25.9 Å². The van der Waals surface area contributed by atoms with Gasteiger partial charge in [-0.3, -0.25) is 5.10 Å². The summed E-state index contributed by atoms with van der Waals surface area (Å²) in [4.78, 5) is 0. The lowest BCUT2D eigenvalue weighted by Gasteiger charge is -1.99. The molecule has 2 rings (SSSR count). The summed E-state index contributed by atoms with van der Waals surface area (Å²) >= 11 is 1.58. The van der Waals surface area contributed by atoms with Crippen molar-refractivity contribution in [1.29, 1.82) is 0 Å². The zero-order valence-electron chi connectivity index (χ0n) is 9.86. The predicted octanol–water partition coefficient (Wildman–Crippen LogP) is 0.973. The molecule has 0 saturated carbocycles. The molecule has 0 amide bonds. The molecule has 92 valence electrons. The molecule has 0 radical (unpaired) electrons. The highest BCUT2D eigenvalue weighted by molar-refractivity contribution is 7.14. The van der Waals surface area contributed by atoms with Crippen LogP contribution in [-0.2, 0) is 11.3 Å². The smallest absolute Gasteiger partial charge is 0.151 e. The Labute approximate surface area is 103 Å². The molecule has 0 spiro atoms.